The van der Waals surface area contributed by atoms with E-state index >= 15 is 0 Å². The van der Waals surface area contributed by atoms with Crippen molar-refractivity contribution in [2.24, 2.45) is 0 Å². The van der Waals surface area contributed by atoms with Gasteiger partial charge in [-0.3, -0.25) is 0 Å². The highest BCUT2D eigenvalue weighted by Crippen LogP contribution is 2.19. The van der Waals surface area contributed by atoms with E-state index in [2.05, 4.69) is 11.6 Å². The van der Waals surface area contributed by atoms with Gasteiger partial charge in [-0.15, -0.1) is 0 Å². The Balaban J connectivity index is 2.19. The first-order chi connectivity index (χ1) is 6.36. The predicted octanol–water partition coefficient (Wildman–Crippen LogP) is 1.63. The van der Waals surface area contributed by atoms with Gasteiger partial charge >= 0.3 is 0 Å². The van der Waals surface area contributed by atoms with Crippen LogP contribution in [-0.2, 0) is 0 Å². The Hall–Kier alpha value is 0.270. The van der Waals surface area contributed by atoms with Crippen molar-refractivity contribution in [3.63, 3.8) is 0 Å². The van der Waals surface area contributed by atoms with E-state index in [1.807, 2.05) is 11.8 Å². The topological polar surface area (TPSA) is 32.3 Å². The molecule has 1 atom stereocenters. The number of aliphatic hydroxyl groups is 1. The lowest BCUT2D eigenvalue weighted by Gasteiger charge is -2.21. The minimum Gasteiger partial charge on any atom is -0.396 e. The Morgan fingerprint density at radius 3 is 2.69 bits per heavy atom. The summed E-state index contributed by atoms with van der Waals surface area (Å²) in [6, 6.07) is 1.24. The standard InChI is InChI=1S/C10H21NOS/c1-13-8-10(6-7-12)11-9-4-2-3-5-9/h9-12H,2-8H2,1H3. The minimum absolute atomic E-state index is 0.310. The van der Waals surface area contributed by atoms with E-state index in [9.17, 15) is 0 Å². The van der Waals surface area contributed by atoms with Crippen LogP contribution in [0.2, 0.25) is 0 Å². The van der Waals surface area contributed by atoms with Crippen molar-refractivity contribution in [1.29, 1.82) is 0 Å². The van der Waals surface area contributed by atoms with Crippen molar-refractivity contribution >= 4 is 11.8 Å². The smallest absolute Gasteiger partial charge is 0.0446 e. The molecule has 0 aliphatic heterocycles. The molecule has 2 N–H and O–H groups in total. The number of aliphatic hydroxyl groups excluding tert-OH is 1. The third-order valence-electron chi connectivity index (χ3n) is 2.67. The maximum Gasteiger partial charge on any atom is 0.0446 e. The Morgan fingerprint density at radius 2 is 2.15 bits per heavy atom. The van der Waals surface area contributed by atoms with Crippen LogP contribution < -0.4 is 5.32 Å². The van der Waals surface area contributed by atoms with E-state index in [1.54, 1.807) is 0 Å². The van der Waals surface area contributed by atoms with Crippen LogP contribution in [0.3, 0.4) is 0 Å². The molecule has 1 saturated carbocycles. The molecule has 2 nitrogen and oxygen atoms in total. The molecule has 0 spiro atoms. The minimum atomic E-state index is 0.310. The van der Waals surface area contributed by atoms with E-state index in [0.717, 1.165) is 18.2 Å². The first-order valence-corrected chi connectivity index (χ1v) is 6.62. The summed E-state index contributed by atoms with van der Waals surface area (Å²) in [6.07, 6.45) is 8.44. The van der Waals surface area contributed by atoms with E-state index in [4.69, 9.17) is 5.11 Å². The highest BCUT2D eigenvalue weighted by atomic mass is 32.2. The van der Waals surface area contributed by atoms with Crippen LogP contribution in [0.15, 0.2) is 0 Å². The summed E-state index contributed by atoms with van der Waals surface area (Å²) < 4.78 is 0. The van der Waals surface area contributed by atoms with Crippen LogP contribution in [0.4, 0.5) is 0 Å². The van der Waals surface area contributed by atoms with Gasteiger partial charge < -0.3 is 10.4 Å². The number of hydrogen-bond donors (Lipinski definition) is 2. The summed E-state index contributed by atoms with van der Waals surface area (Å²) in [6.45, 7) is 0.310. The molecule has 0 aromatic heterocycles. The van der Waals surface area contributed by atoms with E-state index < -0.39 is 0 Å². The molecule has 0 aromatic carbocycles. The van der Waals surface area contributed by atoms with Gasteiger partial charge in [0.25, 0.3) is 0 Å². The molecule has 0 radical (unpaired) electrons. The average molecular weight is 203 g/mol. The lowest BCUT2D eigenvalue weighted by atomic mass is 10.2. The molecule has 1 rings (SSSR count). The number of thioether (sulfide) groups is 1. The summed E-state index contributed by atoms with van der Waals surface area (Å²) in [5.74, 6) is 1.12. The maximum atomic E-state index is 8.89. The molecular weight excluding hydrogens is 182 g/mol. The largest absolute Gasteiger partial charge is 0.396 e. The summed E-state index contributed by atoms with van der Waals surface area (Å²) >= 11 is 1.86. The highest BCUT2D eigenvalue weighted by molar-refractivity contribution is 7.98. The summed E-state index contributed by atoms with van der Waals surface area (Å²) in [7, 11) is 0. The van der Waals surface area contributed by atoms with Gasteiger partial charge in [0.2, 0.25) is 0 Å². The number of hydrogen-bond acceptors (Lipinski definition) is 3. The predicted molar refractivity (Wildman–Crippen MR) is 59.3 cm³/mol. The van der Waals surface area contributed by atoms with Crippen molar-refractivity contribution < 1.29 is 5.11 Å². The van der Waals surface area contributed by atoms with Gasteiger partial charge in [0.15, 0.2) is 0 Å². The third kappa shape index (κ3) is 4.34. The normalized spacial score (nSPS) is 20.8. The molecule has 1 fully saturated rings. The van der Waals surface area contributed by atoms with E-state index in [0.29, 0.717) is 12.6 Å². The number of nitrogens with one attached hydrogen (secondary N) is 1. The third-order valence-corrected chi connectivity index (χ3v) is 3.41. The van der Waals surface area contributed by atoms with Crippen LogP contribution in [0.5, 0.6) is 0 Å². The van der Waals surface area contributed by atoms with Crippen LogP contribution in [0.25, 0.3) is 0 Å². The molecule has 0 amide bonds. The van der Waals surface area contributed by atoms with Gasteiger partial charge in [-0.05, 0) is 25.5 Å². The first kappa shape index (κ1) is 11.3. The first-order valence-electron chi connectivity index (χ1n) is 5.22. The maximum absolute atomic E-state index is 8.89. The molecule has 1 aliphatic carbocycles. The average Bonchev–Trinajstić information content (AvgIpc) is 2.58. The molecule has 3 heteroatoms. The van der Waals surface area contributed by atoms with Crippen LogP contribution >= 0.6 is 11.8 Å². The fourth-order valence-corrected chi connectivity index (χ4v) is 2.66. The van der Waals surface area contributed by atoms with Crippen LogP contribution in [0.1, 0.15) is 32.1 Å². The zero-order valence-corrected chi connectivity index (χ0v) is 9.28. The van der Waals surface area contributed by atoms with Crippen molar-refractivity contribution in [1.82, 2.24) is 5.32 Å². The fraction of sp³-hybridized carbons (Fsp3) is 1.00. The Kier molecular flexibility index (Phi) is 5.83. The molecule has 0 saturated heterocycles. The van der Waals surface area contributed by atoms with Gasteiger partial charge in [0.05, 0.1) is 0 Å². The molecular formula is C10H21NOS. The molecule has 0 heterocycles. The van der Waals surface area contributed by atoms with E-state index in [1.165, 1.54) is 25.7 Å². The summed E-state index contributed by atoms with van der Waals surface area (Å²) in [5.41, 5.74) is 0. The quantitative estimate of drug-likeness (QED) is 0.688. The molecule has 0 aromatic rings. The second-order valence-electron chi connectivity index (χ2n) is 3.81. The highest BCUT2D eigenvalue weighted by Gasteiger charge is 2.18. The van der Waals surface area contributed by atoms with Crippen molar-refractivity contribution in [3.8, 4) is 0 Å². The van der Waals surface area contributed by atoms with Gasteiger partial charge in [0, 0.05) is 24.4 Å². The Morgan fingerprint density at radius 1 is 1.46 bits per heavy atom. The fourth-order valence-electron chi connectivity index (χ4n) is 2.00. The van der Waals surface area contributed by atoms with Crippen molar-refractivity contribution in [2.45, 2.75) is 44.2 Å². The monoisotopic (exact) mass is 203 g/mol. The van der Waals surface area contributed by atoms with Crippen LogP contribution in [-0.4, -0.2) is 35.8 Å². The van der Waals surface area contributed by atoms with Gasteiger partial charge in [-0.25, -0.2) is 0 Å². The molecule has 0 bridgehead atoms. The van der Waals surface area contributed by atoms with Gasteiger partial charge in [-0.2, -0.15) is 11.8 Å². The van der Waals surface area contributed by atoms with Crippen molar-refractivity contribution in [3.05, 3.63) is 0 Å². The van der Waals surface area contributed by atoms with Gasteiger partial charge in [0.1, 0.15) is 0 Å². The zero-order valence-electron chi connectivity index (χ0n) is 8.46. The summed E-state index contributed by atoms with van der Waals surface area (Å²) in [5, 5.41) is 12.5. The SMILES string of the molecule is CSCC(CCO)NC1CCCC1. The van der Waals surface area contributed by atoms with E-state index in [-0.39, 0.29) is 0 Å². The second kappa shape index (κ2) is 6.68. The lowest BCUT2D eigenvalue weighted by Crippen LogP contribution is -2.38. The Labute approximate surface area is 85.5 Å². The molecule has 13 heavy (non-hydrogen) atoms. The lowest BCUT2D eigenvalue weighted by molar-refractivity contribution is 0.264. The number of rotatable bonds is 6. The zero-order chi connectivity index (χ0) is 9.52. The molecule has 1 aliphatic rings. The summed E-state index contributed by atoms with van der Waals surface area (Å²) in [4.78, 5) is 0. The second-order valence-corrected chi connectivity index (χ2v) is 4.72. The molecule has 78 valence electrons. The Bertz CT molecular complexity index is 120. The van der Waals surface area contributed by atoms with Gasteiger partial charge in [-0.1, -0.05) is 12.8 Å². The van der Waals surface area contributed by atoms with Crippen molar-refractivity contribution in [2.75, 3.05) is 18.6 Å². The molecule has 1 unspecified atom stereocenters. The van der Waals surface area contributed by atoms with Crippen LogP contribution in [0, 0.1) is 0 Å².